The molecule has 0 fully saturated rings. The molecule has 1 heterocycles. The molecule has 5 heteroatoms. The van der Waals surface area contributed by atoms with E-state index >= 15 is 0 Å². The second-order valence-electron chi connectivity index (χ2n) is 5.14. The smallest absolute Gasteiger partial charge is 0.165 e. The maximum atomic E-state index is 11.1. The minimum absolute atomic E-state index is 0.335. The van der Waals surface area contributed by atoms with Crippen molar-refractivity contribution in [3.05, 3.63) is 23.8 Å². The van der Waals surface area contributed by atoms with Gasteiger partial charge in [0.15, 0.2) is 11.5 Å². The highest BCUT2D eigenvalue weighted by molar-refractivity contribution is 7.84. The Morgan fingerprint density at radius 1 is 1.35 bits per heavy atom. The second-order valence-corrected chi connectivity index (χ2v) is 6.70. The third-order valence-corrected chi connectivity index (χ3v) is 4.14. The molecule has 2 unspecified atom stereocenters. The zero-order chi connectivity index (χ0) is 14.4. The number of para-hydroxylation sites is 1. The van der Waals surface area contributed by atoms with E-state index < -0.39 is 10.8 Å². The quantitative estimate of drug-likeness (QED) is 0.873. The molecule has 0 amide bonds. The molecule has 2 atom stereocenters. The highest BCUT2D eigenvalue weighted by atomic mass is 32.2. The highest BCUT2D eigenvalue weighted by Crippen LogP contribution is 2.33. The van der Waals surface area contributed by atoms with Crippen molar-refractivity contribution < 1.29 is 13.7 Å². The highest BCUT2D eigenvalue weighted by Gasteiger charge is 2.14. The lowest BCUT2D eigenvalue weighted by Crippen LogP contribution is -2.27. The maximum absolute atomic E-state index is 11.1. The van der Waals surface area contributed by atoms with Crippen LogP contribution in [0.2, 0.25) is 0 Å². The minimum Gasteiger partial charge on any atom is -0.490 e. The van der Waals surface area contributed by atoms with Gasteiger partial charge in [-0.05, 0) is 19.4 Å². The van der Waals surface area contributed by atoms with Crippen LogP contribution in [0.15, 0.2) is 18.2 Å². The predicted molar refractivity (Wildman–Crippen MR) is 81.9 cm³/mol. The van der Waals surface area contributed by atoms with Gasteiger partial charge >= 0.3 is 0 Å². The predicted octanol–water partition coefficient (Wildman–Crippen LogP) is 2.09. The van der Waals surface area contributed by atoms with Crippen molar-refractivity contribution in [1.29, 1.82) is 0 Å². The molecule has 112 valence electrons. The molecule has 20 heavy (non-hydrogen) atoms. The van der Waals surface area contributed by atoms with Crippen LogP contribution in [-0.4, -0.2) is 35.5 Å². The molecule has 0 aromatic heterocycles. The molecule has 0 saturated heterocycles. The normalized spacial score (nSPS) is 17.3. The first kappa shape index (κ1) is 15.3. The van der Waals surface area contributed by atoms with Crippen molar-refractivity contribution in [3.8, 4) is 11.5 Å². The number of benzene rings is 1. The van der Waals surface area contributed by atoms with Gasteiger partial charge in [-0.3, -0.25) is 4.21 Å². The van der Waals surface area contributed by atoms with Crippen LogP contribution in [0.4, 0.5) is 0 Å². The summed E-state index contributed by atoms with van der Waals surface area (Å²) in [5.41, 5.74) is 1.12. The molecule has 2 rings (SSSR count). The van der Waals surface area contributed by atoms with Crippen LogP contribution < -0.4 is 14.8 Å². The van der Waals surface area contributed by atoms with E-state index in [4.69, 9.17) is 9.47 Å². The standard InChI is InChI=1S/C15H23NO3S/c1-12(7-10-20(2)17)16-11-13-5-3-6-14-15(13)19-9-4-8-18-14/h3,5-6,12,16H,4,7-11H2,1-2H3. The van der Waals surface area contributed by atoms with Crippen LogP contribution in [0.3, 0.4) is 0 Å². The fourth-order valence-corrected chi connectivity index (χ4v) is 2.81. The molecule has 0 aliphatic carbocycles. The van der Waals surface area contributed by atoms with Crippen molar-refractivity contribution >= 4 is 10.8 Å². The van der Waals surface area contributed by atoms with Crippen molar-refractivity contribution in [3.63, 3.8) is 0 Å². The summed E-state index contributed by atoms with van der Waals surface area (Å²) in [7, 11) is -0.723. The van der Waals surface area contributed by atoms with Crippen LogP contribution >= 0.6 is 0 Å². The molecule has 1 aliphatic heterocycles. The molecule has 0 radical (unpaired) electrons. The van der Waals surface area contributed by atoms with Gasteiger partial charge in [-0.15, -0.1) is 0 Å². The SMILES string of the molecule is CC(CCS(C)=O)NCc1cccc2c1OCCCO2. The topological polar surface area (TPSA) is 47.6 Å². The lowest BCUT2D eigenvalue weighted by molar-refractivity contribution is 0.295. The minimum atomic E-state index is -0.723. The van der Waals surface area contributed by atoms with Gasteiger partial charge < -0.3 is 14.8 Å². The second kappa shape index (κ2) is 7.64. The first-order valence-corrected chi connectivity index (χ1v) is 8.80. The summed E-state index contributed by atoms with van der Waals surface area (Å²) in [6, 6.07) is 6.34. The van der Waals surface area contributed by atoms with Gasteiger partial charge in [0.1, 0.15) is 0 Å². The van der Waals surface area contributed by atoms with Gasteiger partial charge in [0.25, 0.3) is 0 Å². The molecule has 0 bridgehead atoms. The summed E-state index contributed by atoms with van der Waals surface area (Å²) in [6.45, 7) is 4.27. The largest absolute Gasteiger partial charge is 0.490 e. The van der Waals surface area contributed by atoms with Crippen LogP contribution in [0.1, 0.15) is 25.3 Å². The fraction of sp³-hybridized carbons (Fsp3) is 0.600. The molecule has 1 aromatic rings. The maximum Gasteiger partial charge on any atom is 0.165 e. The van der Waals surface area contributed by atoms with Gasteiger partial charge in [0.05, 0.1) is 13.2 Å². The van der Waals surface area contributed by atoms with Crippen LogP contribution in [0, 0.1) is 0 Å². The zero-order valence-electron chi connectivity index (χ0n) is 12.2. The number of ether oxygens (including phenoxy) is 2. The summed E-state index contributed by atoms with van der Waals surface area (Å²) < 4.78 is 22.6. The molecular weight excluding hydrogens is 274 g/mol. The van der Waals surface area contributed by atoms with Crippen LogP contribution in [-0.2, 0) is 17.3 Å². The summed E-state index contributed by atoms with van der Waals surface area (Å²) in [5, 5.41) is 3.45. The van der Waals surface area contributed by atoms with Crippen molar-refractivity contribution in [2.75, 3.05) is 25.2 Å². The molecular formula is C15H23NO3S. The van der Waals surface area contributed by atoms with Gasteiger partial charge in [-0.2, -0.15) is 0 Å². The summed E-state index contributed by atoms with van der Waals surface area (Å²) in [4.78, 5) is 0. The van der Waals surface area contributed by atoms with E-state index in [1.54, 1.807) is 6.26 Å². The van der Waals surface area contributed by atoms with E-state index in [-0.39, 0.29) is 0 Å². The fourth-order valence-electron chi connectivity index (χ4n) is 2.12. The van der Waals surface area contributed by atoms with Gasteiger partial charge in [-0.1, -0.05) is 12.1 Å². The zero-order valence-corrected chi connectivity index (χ0v) is 13.0. The van der Waals surface area contributed by atoms with E-state index in [2.05, 4.69) is 18.3 Å². The third-order valence-electron chi connectivity index (χ3n) is 3.33. The third kappa shape index (κ3) is 4.49. The summed E-state index contributed by atoms with van der Waals surface area (Å²) >= 11 is 0. The van der Waals surface area contributed by atoms with Crippen molar-refractivity contribution in [1.82, 2.24) is 5.32 Å². The van der Waals surface area contributed by atoms with E-state index in [1.165, 1.54) is 0 Å². The van der Waals surface area contributed by atoms with E-state index in [9.17, 15) is 4.21 Å². The number of nitrogens with one attached hydrogen (secondary N) is 1. The molecule has 0 saturated carbocycles. The Labute approximate surface area is 123 Å². The first-order valence-electron chi connectivity index (χ1n) is 7.07. The summed E-state index contributed by atoms with van der Waals surface area (Å²) in [5.74, 6) is 2.44. The summed E-state index contributed by atoms with van der Waals surface area (Å²) in [6.07, 6.45) is 3.57. The van der Waals surface area contributed by atoms with Crippen LogP contribution in [0.25, 0.3) is 0 Å². The van der Waals surface area contributed by atoms with E-state index in [0.29, 0.717) is 19.3 Å². The molecule has 1 N–H and O–H groups in total. The van der Waals surface area contributed by atoms with E-state index in [0.717, 1.165) is 42.2 Å². The lowest BCUT2D eigenvalue weighted by Gasteiger charge is -2.16. The van der Waals surface area contributed by atoms with Gasteiger partial charge in [0, 0.05) is 47.4 Å². The average Bonchev–Trinajstić information content (AvgIpc) is 2.68. The van der Waals surface area contributed by atoms with Crippen molar-refractivity contribution in [2.24, 2.45) is 0 Å². The Kier molecular flexibility index (Phi) is 5.86. The number of hydrogen-bond donors (Lipinski definition) is 1. The Morgan fingerprint density at radius 3 is 2.95 bits per heavy atom. The van der Waals surface area contributed by atoms with Gasteiger partial charge in [-0.25, -0.2) is 0 Å². The van der Waals surface area contributed by atoms with Crippen molar-refractivity contribution in [2.45, 2.75) is 32.4 Å². The average molecular weight is 297 g/mol. The molecule has 1 aliphatic rings. The van der Waals surface area contributed by atoms with E-state index in [1.807, 2.05) is 12.1 Å². The van der Waals surface area contributed by atoms with Gasteiger partial charge in [0.2, 0.25) is 0 Å². The lowest BCUT2D eigenvalue weighted by atomic mass is 10.1. The Morgan fingerprint density at radius 2 is 2.15 bits per heavy atom. The number of rotatable bonds is 6. The number of hydrogen-bond acceptors (Lipinski definition) is 4. The Balaban J connectivity index is 1.94. The number of fused-ring (bicyclic) bond motifs is 1. The van der Waals surface area contributed by atoms with Crippen LogP contribution in [0.5, 0.6) is 11.5 Å². The Hall–Kier alpha value is -1.07. The molecule has 4 nitrogen and oxygen atoms in total. The Bertz CT molecular complexity index is 464. The first-order chi connectivity index (χ1) is 9.66. The monoisotopic (exact) mass is 297 g/mol. The molecule has 1 aromatic carbocycles. The molecule has 0 spiro atoms.